The molecular formula is C13H15N5O2. The summed E-state index contributed by atoms with van der Waals surface area (Å²) in [4.78, 5) is 18.3. The number of nitrogens with two attached hydrogens (primary N) is 1. The largest absolute Gasteiger partial charge is 0.368 e. The highest BCUT2D eigenvalue weighted by atomic mass is 16.6. The fraction of sp³-hybridized carbons (Fsp3) is 0.231. The molecule has 0 aliphatic carbocycles. The molecule has 2 rings (SSSR count). The van der Waals surface area contributed by atoms with Crippen molar-refractivity contribution in [3.05, 3.63) is 45.6 Å². The Bertz CT molecular complexity index is 640. The van der Waals surface area contributed by atoms with Crippen LogP contribution in [0.5, 0.6) is 0 Å². The Morgan fingerprint density at radius 2 is 1.95 bits per heavy atom. The number of hydrogen-bond donors (Lipinski definition) is 2. The average Bonchev–Trinajstić information content (AvgIpc) is 2.38. The fourth-order valence-electron chi connectivity index (χ4n) is 1.85. The minimum Gasteiger partial charge on any atom is -0.368 e. The molecule has 1 heterocycles. The summed E-state index contributed by atoms with van der Waals surface area (Å²) >= 11 is 0. The lowest BCUT2D eigenvalue weighted by molar-refractivity contribution is -0.385. The number of hydrogen-bond acceptors (Lipinski definition) is 6. The third-order valence-corrected chi connectivity index (χ3v) is 2.88. The molecule has 0 radical (unpaired) electrons. The van der Waals surface area contributed by atoms with Crippen molar-refractivity contribution in [1.29, 1.82) is 0 Å². The first-order chi connectivity index (χ1) is 9.51. The van der Waals surface area contributed by atoms with Gasteiger partial charge in [0.1, 0.15) is 5.69 Å². The highest BCUT2D eigenvalue weighted by molar-refractivity contribution is 5.68. The van der Waals surface area contributed by atoms with Crippen LogP contribution in [0.3, 0.4) is 0 Å². The molecular weight excluding hydrogens is 258 g/mol. The summed E-state index contributed by atoms with van der Waals surface area (Å²) in [5.41, 5.74) is 7.50. The van der Waals surface area contributed by atoms with Gasteiger partial charge in [-0.3, -0.25) is 10.1 Å². The average molecular weight is 273 g/mol. The van der Waals surface area contributed by atoms with Crippen molar-refractivity contribution in [1.82, 2.24) is 9.97 Å². The zero-order chi connectivity index (χ0) is 14.7. The van der Waals surface area contributed by atoms with E-state index in [-0.39, 0.29) is 23.1 Å². The summed E-state index contributed by atoms with van der Waals surface area (Å²) in [6, 6.07) is 7.59. The van der Waals surface area contributed by atoms with Gasteiger partial charge in [0.25, 0.3) is 0 Å². The van der Waals surface area contributed by atoms with Gasteiger partial charge in [0.05, 0.1) is 4.92 Å². The van der Waals surface area contributed by atoms with Crippen LogP contribution in [0.4, 0.5) is 23.1 Å². The molecule has 20 heavy (non-hydrogen) atoms. The molecule has 3 N–H and O–H groups in total. The van der Waals surface area contributed by atoms with Gasteiger partial charge >= 0.3 is 5.69 Å². The van der Waals surface area contributed by atoms with Crippen LogP contribution in [0.15, 0.2) is 24.3 Å². The second-order valence-electron chi connectivity index (χ2n) is 4.30. The zero-order valence-corrected chi connectivity index (χ0v) is 11.3. The van der Waals surface area contributed by atoms with Crippen LogP contribution in [0, 0.1) is 17.0 Å². The molecule has 7 heteroatoms. The number of rotatable bonds is 4. The Morgan fingerprint density at radius 3 is 2.50 bits per heavy atom. The molecule has 2 aromatic rings. The van der Waals surface area contributed by atoms with Crippen molar-refractivity contribution in [2.45, 2.75) is 20.3 Å². The predicted octanol–water partition coefficient (Wildman–Crippen LogP) is 2.58. The predicted molar refractivity (Wildman–Crippen MR) is 76.9 cm³/mol. The van der Waals surface area contributed by atoms with Crippen molar-refractivity contribution in [3.63, 3.8) is 0 Å². The molecule has 0 aliphatic heterocycles. The fourth-order valence-corrected chi connectivity index (χ4v) is 1.85. The van der Waals surface area contributed by atoms with Gasteiger partial charge in [-0.25, -0.2) is 4.98 Å². The lowest BCUT2D eigenvalue weighted by Gasteiger charge is -2.08. The van der Waals surface area contributed by atoms with Gasteiger partial charge in [0.15, 0.2) is 0 Å². The molecule has 0 atom stereocenters. The monoisotopic (exact) mass is 273 g/mol. The molecule has 0 aliphatic rings. The van der Waals surface area contributed by atoms with Crippen molar-refractivity contribution in [3.8, 4) is 0 Å². The minimum atomic E-state index is -0.516. The lowest BCUT2D eigenvalue weighted by Crippen LogP contribution is -2.07. The summed E-state index contributed by atoms with van der Waals surface area (Å²) in [6.45, 7) is 3.59. The smallest absolute Gasteiger partial charge is 0.332 e. The van der Waals surface area contributed by atoms with Gasteiger partial charge in [-0.15, -0.1) is 0 Å². The molecule has 0 bridgehead atoms. The maximum Gasteiger partial charge on any atom is 0.332 e. The molecule has 104 valence electrons. The number of nitrogens with zero attached hydrogens (tertiary/aromatic N) is 3. The van der Waals surface area contributed by atoms with Gasteiger partial charge in [0, 0.05) is 5.69 Å². The van der Waals surface area contributed by atoms with Crippen molar-refractivity contribution >= 4 is 23.1 Å². The van der Waals surface area contributed by atoms with Gasteiger partial charge in [-0.05, 0) is 31.0 Å². The summed E-state index contributed by atoms with van der Waals surface area (Å²) in [5, 5.41) is 14.0. The zero-order valence-electron chi connectivity index (χ0n) is 11.3. The summed E-state index contributed by atoms with van der Waals surface area (Å²) < 4.78 is 0. The first-order valence-corrected chi connectivity index (χ1v) is 6.15. The standard InChI is InChI=1S/C13H15N5O2/c1-3-9-4-6-10(7-5-9)16-12-11(18(19)20)8(2)15-13(14)17-12/h4-7H,3H2,1-2H3,(H3,14,15,16,17). The van der Waals surface area contributed by atoms with E-state index in [0.29, 0.717) is 5.69 Å². The van der Waals surface area contributed by atoms with E-state index in [1.54, 1.807) is 0 Å². The highest BCUT2D eigenvalue weighted by Gasteiger charge is 2.21. The maximum absolute atomic E-state index is 11.1. The normalized spacial score (nSPS) is 10.3. The van der Waals surface area contributed by atoms with E-state index in [1.807, 2.05) is 24.3 Å². The lowest BCUT2D eigenvalue weighted by atomic mass is 10.1. The van der Waals surface area contributed by atoms with Gasteiger partial charge < -0.3 is 11.1 Å². The second kappa shape index (κ2) is 5.52. The van der Waals surface area contributed by atoms with Gasteiger partial charge in [0.2, 0.25) is 11.8 Å². The SMILES string of the molecule is CCc1ccc(Nc2nc(N)nc(C)c2[N+](=O)[O-])cc1. The van der Waals surface area contributed by atoms with E-state index in [4.69, 9.17) is 5.73 Å². The Morgan fingerprint density at radius 1 is 1.30 bits per heavy atom. The summed E-state index contributed by atoms with van der Waals surface area (Å²) in [7, 11) is 0. The molecule has 0 unspecified atom stereocenters. The Kier molecular flexibility index (Phi) is 3.79. The van der Waals surface area contributed by atoms with Crippen molar-refractivity contribution in [2.24, 2.45) is 0 Å². The molecule has 7 nitrogen and oxygen atoms in total. The van der Waals surface area contributed by atoms with E-state index in [9.17, 15) is 10.1 Å². The number of nitrogens with one attached hydrogen (secondary N) is 1. The van der Waals surface area contributed by atoms with E-state index >= 15 is 0 Å². The summed E-state index contributed by atoms with van der Waals surface area (Å²) in [6.07, 6.45) is 0.931. The van der Waals surface area contributed by atoms with E-state index in [2.05, 4.69) is 22.2 Å². The third-order valence-electron chi connectivity index (χ3n) is 2.88. The minimum absolute atomic E-state index is 0.000721. The van der Waals surface area contributed by atoms with Crippen LogP contribution in [0.25, 0.3) is 0 Å². The highest BCUT2D eigenvalue weighted by Crippen LogP contribution is 2.28. The van der Waals surface area contributed by atoms with Crippen LogP contribution in [-0.4, -0.2) is 14.9 Å². The molecule has 1 aromatic heterocycles. The number of aromatic nitrogens is 2. The molecule has 0 saturated carbocycles. The Hall–Kier alpha value is -2.70. The first kappa shape index (κ1) is 13.7. The van der Waals surface area contributed by atoms with Crippen molar-refractivity contribution < 1.29 is 4.92 Å². The summed E-state index contributed by atoms with van der Waals surface area (Å²) in [5.74, 6) is 0.102. The molecule has 0 saturated heterocycles. The van der Waals surface area contributed by atoms with Crippen LogP contribution in [0.1, 0.15) is 18.2 Å². The van der Waals surface area contributed by atoms with Crippen LogP contribution < -0.4 is 11.1 Å². The quantitative estimate of drug-likeness (QED) is 0.655. The first-order valence-electron chi connectivity index (χ1n) is 6.15. The Balaban J connectivity index is 2.39. The number of aryl methyl sites for hydroxylation is 2. The topological polar surface area (TPSA) is 107 Å². The number of nitrogen functional groups attached to an aromatic ring is 1. The molecule has 0 fully saturated rings. The van der Waals surface area contributed by atoms with E-state index in [0.717, 1.165) is 6.42 Å². The molecule has 0 spiro atoms. The maximum atomic E-state index is 11.1. The van der Waals surface area contributed by atoms with Crippen molar-refractivity contribution in [2.75, 3.05) is 11.1 Å². The van der Waals surface area contributed by atoms with Crippen LogP contribution in [-0.2, 0) is 6.42 Å². The van der Waals surface area contributed by atoms with Crippen LogP contribution in [0.2, 0.25) is 0 Å². The number of benzene rings is 1. The van der Waals surface area contributed by atoms with E-state index in [1.165, 1.54) is 12.5 Å². The third kappa shape index (κ3) is 2.82. The number of nitro groups is 1. The van der Waals surface area contributed by atoms with Gasteiger partial charge in [-0.1, -0.05) is 19.1 Å². The van der Waals surface area contributed by atoms with E-state index < -0.39 is 4.92 Å². The molecule has 0 amide bonds. The van der Waals surface area contributed by atoms with Gasteiger partial charge in [-0.2, -0.15) is 4.98 Å². The second-order valence-corrected chi connectivity index (χ2v) is 4.30. The molecule has 1 aromatic carbocycles. The number of anilines is 3. The Labute approximate surface area is 116 Å². The van der Waals surface area contributed by atoms with Crippen LogP contribution >= 0.6 is 0 Å².